The number of pyridine rings is 1. The molecule has 0 aliphatic carbocycles. The minimum atomic E-state index is -4.59. The van der Waals surface area contributed by atoms with Crippen LogP contribution in [-0.4, -0.2) is 19.2 Å². The van der Waals surface area contributed by atoms with Crippen LogP contribution >= 0.6 is 0 Å². The van der Waals surface area contributed by atoms with Crippen LogP contribution in [-0.2, 0) is 21.8 Å². The van der Waals surface area contributed by atoms with Crippen LogP contribution in [0.1, 0.15) is 25.1 Å². The van der Waals surface area contributed by atoms with Crippen LogP contribution in [0.25, 0.3) is 0 Å². The van der Waals surface area contributed by atoms with Gasteiger partial charge in [-0.3, -0.25) is 4.98 Å². The van der Waals surface area contributed by atoms with Crippen molar-refractivity contribution in [2.75, 3.05) is 5.75 Å². The quantitative estimate of drug-likeness (QED) is 0.852. The Bertz CT molecular complexity index is 509. The van der Waals surface area contributed by atoms with Gasteiger partial charge in [-0.1, -0.05) is 13.8 Å². The molecule has 0 spiro atoms. The summed E-state index contributed by atoms with van der Waals surface area (Å²) in [7, 11) is -3.58. The van der Waals surface area contributed by atoms with Crippen molar-refractivity contribution in [1.29, 1.82) is 0 Å². The first-order valence-electron chi connectivity index (χ1n) is 5.33. The average Bonchev–Trinajstić information content (AvgIpc) is 2.13. The van der Waals surface area contributed by atoms with Gasteiger partial charge in [0.2, 0.25) is 0 Å². The van der Waals surface area contributed by atoms with Gasteiger partial charge >= 0.3 is 6.18 Å². The minimum absolute atomic E-state index is 0.131. The van der Waals surface area contributed by atoms with Gasteiger partial charge in [0.05, 0.1) is 22.8 Å². The molecule has 18 heavy (non-hydrogen) atoms. The van der Waals surface area contributed by atoms with Crippen molar-refractivity contribution < 1.29 is 21.6 Å². The number of alkyl halides is 3. The zero-order valence-electron chi connectivity index (χ0n) is 10.0. The number of rotatable bonds is 4. The topological polar surface area (TPSA) is 47.0 Å². The van der Waals surface area contributed by atoms with E-state index in [1.165, 1.54) is 0 Å². The van der Waals surface area contributed by atoms with Gasteiger partial charge < -0.3 is 0 Å². The Morgan fingerprint density at radius 2 is 1.94 bits per heavy atom. The lowest BCUT2D eigenvalue weighted by Crippen LogP contribution is -2.18. The third-order valence-electron chi connectivity index (χ3n) is 2.14. The maximum Gasteiger partial charge on any atom is 0.418 e. The number of sulfone groups is 1. The van der Waals surface area contributed by atoms with Gasteiger partial charge in [-0.15, -0.1) is 0 Å². The van der Waals surface area contributed by atoms with E-state index < -0.39 is 33.0 Å². The molecule has 0 fully saturated rings. The third kappa shape index (κ3) is 4.29. The fourth-order valence-electron chi connectivity index (χ4n) is 1.59. The first-order valence-corrected chi connectivity index (χ1v) is 7.15. The van der Waals surface area contributed by atoms with Gasteiger partial charge in [0.1, 0.15) is 0 Å². The molecule has 0 N–H and O–H groups in total. The van der Waals surface area contributed by atoms with E-state index in [-0.39, 0.29) is 11.7 Å². The second-order valence-corrected chi connectivity index (χ2v) is 6.55. The SMILES string of the molecule is CC(C)CS(=O)(=O)Cc1ncccc1C(F)(F)F. The fourth-order valence-corrected chi connectivity index (χ4v) is 3.37. The average molecular weight is 281 g/mol. The second-order valence-electron chi connectivity index (χ2n) is 4.44. The molecule has 1 aromatic heterocycles. The molecule has 1 heterocycles. The lowest BCUT2D eigenvalue weighted by atomic mass is 10.2. The molecule has 0 aliphatic heterocycles. The van der Waals surface area contributed by atoms with Crippen molar-refractivity contribution in [2.45, 2.75) is 25.8 Å². The predicted octanol–water partition coefficient (Wildman–Crippen LogP) is 2.67. The number of hydrogen-bond donors (Lipinski definition) is 0. The maximum atomic E-state index is 12.7. The summed E-state index contributed by atoms with van der Waals surface area (Å²) in [5.74, 6) is -0.963. The summed E-state index contributed by atoms with van der Waals surface area (Å²) >= 11 is 0. The summed E-state index contributed by atoms with van der Waals surface area (Å²) in [5.41, 5.74) is -1.43. The Hall–Kier alpha value is -1.11. The van der Waals surface area contributed by atoms with Crippen LogP contribution in [0.2, 0.25) is 0 Å². The van der Waals surface area contributed by atoms with Gasteiger partial charge in [0, 0.05) is 6.20 Å². The predicted molar refractivity (Wildman–Crippen MR) is 61.6 cm³/mol. The largest absolute Gasteiger partial charge is 0.418 e. The van der Waals surface area contributed by atoms with Crippen molar-refractivity contribution in [3.8, 4) is 0 Å². The summed E-state index contributed by atoms with van der Waals surface area (Å²) in [5, 5.41) is 0. The summed E-state index contributed by atoms with van der Waals surface area (Å²) in [4.78, 5) is 3.54. The van der Waals surface area contributed by atoms with Crippen molar-refractivity contribution >= 4 is 9.84 Å². The summed E-state index contributed by atoms with van der Waals surface area (Å²) in [6.07, 6.45) is -3.42. The number of nitrogens with zero attached hydrogens (tertiary/aromatic N) is 1. The van der Waals surface area contributed by atoms with E-state index in [2.05, 4.69) is 4.98 Å². The fraction of sp³-hybridized carbons (Fsp3) is 0.545. The van der Waals surface area contributed by atoms with Crippen LogP contribution in [0, 0.1) is 5.92 Å². The molecule has 0 radical (unpaired) electrons. The van der Waals surface area contributed by atoms with E-state index in [1.807, 2.05) is 0 Å². The standard InChI is InChI=1S/C11H14F3NO2S/c1-8(2)6-18(16,17)7-10-9(11(12,13)14)4-3-5-15-10/h3-5,8H,6-7H2,1-2H3. The molecule has 1 rings (SSSR count). The van der Waals surface area contributed by atoms with E-state index in [1.54, 1.807) is 13.8 Å². The molecule has 0 bridgehead atoms. The molecule has 3 nitrogen and oxygen atoms in total. The normalized spacial score (nSPS) is 13.0. The van der Waals surface area contributed by atoms with Crippen molar-refractivity contribution in [2.24, 2.45) is 5.92 Å². The Morgan fingerprint density at radius 3 is 2.44 bits per heavy atom. The minimum Gasteiger partial charge on any atom is -0.260 e. The van der Waals surface area contributed by atoms with E-state index in [9.17, 15) is 21.6 Å². The van der Waals surface area contributed by atoms with Gasteiger partial charge in [0.15, 0.2) is 9.84 Å². The monoisotopic (exact) mass is 281 g/mol. The maximum absolute atomic E-state index is 12.7. The molecule has 0 amide bonds. The van der Waals surface area contributed by atoms with Gasteiger partial charge in [0.25, 0.3) is 0 Å². The Morgan fingerprint density at radius 1 is 1.33 bits per heavy atom. The lowest BCUT2D eigenvalue weighted by molar-refractivity contribution is -0.138. The molecule has 0 saturated heterocycles. The molecular formula is C11H14F3NO2S. The molecule has 0 aromatic carbocycles. The van der Waals surface area contributed by atoms with E-state index >= 15 is 0 Å². The third-order valence-corrected chi connectivity index (χ3v) is 4.03. The molecule has 102 valence electrons. The van der Waals surface area contributed by atoms with E-state index in [4.69, 9.17) is 0 Å². The number of aromatic nitrogens is 1. The van der Waals surface area contributed by atoms with Gasteiger partial charge in [-0.05, 0) is 18.1 Å². The molecule has 7 heteroatoms. The Balaban J connectivity index is 3.06. The molecule has 1 aromatic rings. The first-order chi connectivity index (χ1) is 8.12. The molecule has 0 atom stereocenters. The van der Waals surface area contributed by atoms with Crippen LogP contribution in [0.15, 0.2) is 18.3 Å². The highest BCUT2D eigenvalue weighted by Gasteiger charge is 2.35. The summed E-state index contributed by atoms with van der Waals surface area (Å²) in [6.45, 7) is 3.39. The van der Waals surface area contributed by atoms with Crippen LogP contribution in [0.4, 0.5) is 13.2 Å². The van der Waals surface area contributed by atoms with Crippen molar-refractivity contribution in [3.63, 3.8) is 0 Å². The number of hydrogen-bond acceptors (Lipinski definition) is 3. The molecule has 0 aliphatic rings. The summed E-state index contributed by atoms with van der Waals surface area (Å²) < 4.78 is 61.3. The van der Waals surface area contributed by atoms with Crippen molar-refractivity contribution in [1.82, 2.24) is 4.98 Å². The van der Waals surface area contributed by atoms with Gasteiger partial charge in [-0.25, -0.2) is 8.42 Å². The van der Waals surface area contributed by atoms with Crippen molar-refractivity contribution in [3.05, 3.63) is 29.6 Å². The van der Waals surface area contributed by atoms with Crippen LogP contribution in [0.5, 0.6) is 0 Å². The smallest absolute Gasteiger partial charge is 0.260 e. The lowest BCUT2D eigenvalue weighted by Gasteiger charge is -2.12. The highest BCUT2D eigenvalue weighted by atomic mass is 32.2. The Labute approximate surface area is 104 Å². The molecule has 0 saturated carbocycles. The van der Waals surface area contributed by atoms with Crippen LogP contribution in [0.3, 0.4) is 0 Å². The summed E-state index contributed by atoms with van der Waals surface area (Å²) in [6, 6.07) is 1.98. The van der Waals surface area contributed by atoms with Gasteiger partial charge in [-0.2, -0.15) is 13.2 Å². The molecule has 0 unspecified atom stereocenters. The Kier molecular flexibility index (Phi) is 4.37. The number of halogens is 3. The zero-order valence-corrected chi connectivity index (χ0v) is 10.8. The molecular weight excluding hydrogens is 267 g/mol. The highest BCUT2D eigenvalue weighted by molar-refractivity contribution is 7.90. The second kappa shape index (κ2) is 5.26. The first kappa shape index (κ1) is 14.9. The van der Waals surface area contributed by atoms with E-state index in [0.717, 1.165) is 18.3 Å². The zero-order chi connectivity index (χ0) is 14.0. The van der Waals surface area contributed by atoms with Crippen LogP contribution < -0.4 is 0 Å². The highest BCUT2D eigenvalue weighted by Crippen LogP contribution is 2.31. The van der Waals surface area contributed by atoms with E-state index in [0.29, 0.717) is 0 Å².